The van der Waals surface area contributed by atoms with E-state index in [1.54, 1.807) is 6.20 Å². The Morgan fingerprint density at radius 1 is 1.30 bits per heavy atom. The van der Waals surface area contributed by atoms with E-state index in [4.69, 9.17) is 4.74 Å². The van der Waals surface area contributed by atoms with E-state index in [9.17, 15) is 14.7 Å². The first-order valence-electron chi connectivity index (χ1n) is 10.5. The van der Waals surface area contributed by atoms with Gasteiger partial charge in [0.05, 0.1) is 30.5 Å². The average molecular weight is 415 g/mol. The number of aliphatic hydroxyl groups excluding tert-OH is 1. The molecule has 8 heteroatoms. The molecule has 4 N–H and O–H groups in total. The summed E-state index contributed by atoms with van der Waals surface area (Å²) in [6.45, 7) is 3.02. The number of carbonyl (C=O) groups excluding carboxylic acids is 2. The van der Waals surface area contributed by atoms with Gasteiger partial charge in [0, 0.05) is 25.3 Å². The first-order valence-corrected chi connectivity index (χ1v) is 10.5. The fraction of sp³-hybridized carbons (Fsp3) is 0.500. The maximum atomic E-state index is 12.7. The number of aromatic amines is 1. The van der Waals surface area contributed by atoms with Crippen LogP contribution in [0, 0.1) is 5.92 Å². The lowest BCUT2D eigenvalue weighted by Gasteiger charge is -2.35. The highest BCUT2D eigenvalue weighted by Crippen LogP contribution is 2.28. The smallest absolute Gasteiger partial charge is 0.254 e. The SMILES string of the molecule is CCCOC1CC(C(=O)NCc2cccc(CO)c2)CCC1NC(=O)c1cn[nH]c1. The van der Waals surface area contributed by atoms with Crippen LogP contribution in [0.15, 0.2) is 36.7 Å². The van der Waals surface area contributed by atoms with Crippen molar-refractivity contribution in [2.75, 3.05) is 6.61 Å². The lowest BCUT2D eigenvalue weighted by molar-refractivity contribution is -0.128. The highest BCUT2D eigenvalue weighted by molar-refractivity contribution is 5.93. The maximum absolute atomic E-state index is 12.7. The molecule has 1 aliphatic carbocycles. The molecule has 30 heavy (non-hydrogen) atoms. The van der Waals surface area contributed by atoms with Gasteiger partial charge in [-0.1, -0.05) is 31.2 Å². The van der Waals surface area contributed by atoms with Gasteiger partial charge in [-0.2, -0.15) is 5.10 Å². The zero-order chi connectivity index (χ0) is 21.3. The van der Waals surface area contributed by atoms with Crippen LogP contribution in [0.4, 0.5) is 0 Å². The lowest BCUT2D eigenvalue weighted by atomic mass is 9.83. The van der Waals surface area contributed by atoms with E-state index in [0.717, 1.165) is 17.5 Å². The molecule has 2 aromatic rings. The predicted octanol–water partition coefficient (Wildman–Crippen LogP) is 1.91. The Balaban J connectivity index is 1.56. The summed E-state index contributed by atoms with van der Waals surface area (Å²) in [6.07, 6.45) is 5.64. The number of ether oxygens (including phenoxy) is 1. The Hall–Kier alpha value is -2.71. The monoisotopic (exact) mass is 414 g/mol. The van der Waals surface area contributed by atoms with Crippen LogP contribution in [0.2, 0.25) is 0 Å². The zero-order valence-corrected chi connectivity index (χ0v) is 17.3. The Bertz CT molecular complexity index is 824. The largest absolute Gasteiger partial charge is 0.392 e. The molecule has 1 aromatic heterocycles. The van der Waals surface area contributed by atoms with Crippen molar-refractivity contribution in [3.05, 3.63) is 53.3 Å². The number of aliphatic hydroxyl groups is 1. The van der Waals surface area contributed by atoms with E-state index >= 15 is 0 Å². The van der Waals surface area contributed by atoms with Gasteiger partial charge in [-0.05, 0) is 36.8 Å². The molecule has 0 saturated heterocycles. The molecule has 0 spiro atoms. The molecule has 0 bridgehead atoms. The van der Waals surface area contributed by atoms with Gasteiger partial charge in [-0.3, -0.25) is 14.7 Å². The highest BCUT2D eigenvalue weighted by Gasteiger charge is 2.35. The van der Waals surface area contributed by atoms with Crippen molar-refractivity contribution in [3.63, 3.8) is 0 Å². The first kappa shape index (κ1) is 22.0. The molecule has 3 rings (SSSR count). The second kappa shape index (κ2) is 10.9. The van der Waals surface area contributed by atoms with Gasteiger partial charge in [0.1, 0.15) is 0 Å². The number of hydrogen-bond acceptors (Lipinski definition) is 5. The third-order valence-corrected chi connectivity index (χ3v) is 5.42. The average Bonchev–Trinajstić information content (AvgIpc) is 3.32. The molecule has 2 amide bonds. The Morgan fingerprint density at radius 2 is 2.13 bits per heavy atom. The minimum Gasteiger partial charge on any atom is -0.392 e. The van der Waals surface area contributed by atoms with Crippen molar-refractivity contribution in [1.82, 2.24) is 20.8 Å². The van der Waals surface area contributed by atoms with Gasteiger partial charge in [-0.15, -0.1) is 0 Å². The molecule has 8 nitrogen and oxygen atoms in total. The molecular formula is C22H30N4O4. The predicted molar refractivity (Wildman–Crippen MR) is 111 cm³/mol. The fourth-order valence-electron chi connectivity index (χ4n) is 3.78. The summed E-state index contributed by atoms with van der Waals surface area (Å²) >= 11 is 0. The Morgan fingerprint density at radius 3 is 2.87 bits per heavy atom. The highest BCUT2D eigenvalue weighted by atomic mass is 16.5. The molecule has 1 saturated carbocycles. The van der Waals surface area contributed by atoms with Crippen LogP contribution in [0.1, 0.15) is 54.1 Å². The number of rotatable bonds is 9. The second-order valence-corrected chi connectivity index (χ2v) is 7.68. The summed E-state index contributed by atoms with van der Waals surface area (Å²) in [6, 6.07) is 7.39. The van der Waals surface area contributed by atoms with Crippen LogP contribution >= 0.6 is 0 Å². The molecule has 1 heterocycles. The minimum atomic E-state index is -0.206. The standard InChI is InChI=1S/C22H30N4O4/c1-2-8-30-20-10-17(6-7-19(20)26-22(29)18-12-24-25-13-18)21(28)23-11-15-4-3-5-16(9-15)14-27/h3-5,9,12-13,17,19-20,27H,2,6-8,10-11,14H2,1H3,(H,23,28)(H,24,25)(H,26,29). The third-order valence-electron chi connectivity index (χ3n) is 5.42. The van der Waals surface area contributed by atoms with E-state index in [-0.39, 0.29) is 36.5 Å². The van der Waals surface area contributed by atoms with Crippen LogP contribution < -0.4 is 10.6 Å². The molecule has 3 unspecified atom stereocenters. The van der Waals surface area contributed by atoms with Crippen LogP contribution in [0.3, 0.4) is 0 Å². The van der Waals surface area contributed by atoms with Crippen molar-refractivity contribution < 1.29 is 19.4 Å². The van der Waals surface area contributed by atoms with E-state index in [0.29, 0.717) is 38.0 Å². The van der Waals surface area contributed by atoms with Gasteiger partial charge in [0.25, 0.3) is 5.91 Å². The summed E-state index contributed by atoms with van der Waals surface area (Å²) in [5.74, 6) is -0.352. The van der Waals surface area contributed by atoms with E-state index in [1.165, 1.54) is 6.20 Å². The fourth-order valence-corrected chi connectivity index (χ4v) is 3.78. The Kier molecular flexibility index (Phi) is 7.98. The summed E-state index contributed by atoms with van der Waals surface area (Å²) in [4.78, 5) is 25.1. The number of H-pyrrole nitrogens is 1. The molecule has 3 atom stereocenters. The van der Waals surface area contributed by atoms with Gasteiger partial charge in [0.15, 0.2) is 0 Å². The number of amides is 2. The van der Waals surface area contributed by atoms with Crippen molar-refractivity contribution in [3.8, 4) is 0 Å². The normalized spacial score (nSPS) is 21.2. The van der Waals surface area contributed by atoms with E-state index in [2.05, 4.69) is 20.8 Å². The molecule has 0 aliphatic heterocycles. The molecule has 1 aromatic carbocycles. The topological polar surface area (TPSA) is 116 Å². The summed E-state index contributed by atoms with van der Waals surface area (Å²) in [5, 5.41) is 21.7. The van der Waals surface area contributed by atoms with Crippen LogP contribution in [0.5, 0.6) is 0 Å². The summed E-state index contributed by atoms with van der Waals surface area (Å²) in [5.41, 5.74) is 2.26. The quantitative estimate of drug-likeness (QED) is 0.500. The lowest BCUT2D eigenvalue weighted by Crippen LogP contribution is -2.50. The number of aromatic nitrogens is 2. The second-order valence-electron chi connectivity index (χ2n) is 7.68. The molecule has 1 fully saturated rings. The summed E-state index contributed by atoms with van der Waals surface area (Å²) < 4.78 is 5.99. The third kappa shape index (κ3) is 5.90. The minimum absolute atomic E-state index is 0.00545. The number of benzene rings is 1. The van der Waals surface area contributed by atoms with Gasteiger partial charge < -0.3 is 20.5 Å². The van der Waals surface area contributed by atoms with Crippen LogP contribution in [-0.4, -0.2) is 45.9 Å². The molecule has 0 radical (unpaired) electrons. The van der Waals surface area contributed by atoms with Crippen molar-refractivity contribution >= 4 is 11.8 Å². The van der Waals surface area contributed by atoms with Crippen molar-refractivity contribution in [2.45, 2.75) is 57.9 Å². The number of nitrogens with one attached hydrogen (secondary N) is 3. The molecular weight excluding hydrogens is 384 g/mol. The zero-order valence-electron chi connectivity index (χ0n) is 17.3. The molecule has 1 aliphatic rings. The number of nitrogens with zero attached hydrogens (tertiary/aromatic N) is 1. The van der Waals surface area contributed by atoms with Gasteiger partial charge in [0.2, 0.25) is 5.91 Å². The summed E-state index contributed by atoms with van der Waals surface area (Å²) in [7, 11) is 0. The van der Waals surface area contributed by atoms with E-state index in [1.807, 2.05) is 31.2 Å². The van der Waals surface area contributed by atoms with Gasteiger partial charge in [-0.25, -0.2) is 0 Å². The van der Waals surface area contributed by atoms with Crippen LogP contribution in [0.25, 0.3) is 0 Å². The van der Waals surface area contributed by atoms with Gasteiger partial charge >= 0.3 is 0 Å². The first-order chi connectivity index (χ1) is 14.6. The Labute approximate surface area is 176 Å². The van der Waals surface area contributed by atoms with Crippen molar-refractivity contribution in [1.29, 1.82) is 0 Å². The van der Waals surface area contributed by atoms with E-state index < -0.39 is 0 Å². The van der Waals surface area contributed by atoms with Crippen molar-refractivity contribution in [2.24, 2.45) is 5.92 Å². The van der Waals surface area contributed by atoms with Crippen LogP contribution in [-0.2, 0) is 22.7 Å². The molecule has 162 valence electrons. The number of hydrogen-bond donors (Lipinski definition) is 4. The maximum Gasteiger partial charge on any atom is 0.254 e. The number of carbonyl (C=O) groups is 2.